The smallest absolute Gasteiger partial charge is 0.261 e. The molecule has 0 saturated heterocycles. The zero-order chi connectivity index (χ0) is 14.9. The SMILES string of the molecule is Cc1ccc(NS(=O)(=O)c2ccc(I)cc2)c(C)c1N. The summed E-state index contributed by atoms with van der Waals surface area (Å²) in [6, 6.07) is 10.2. The first-order valence-corrected chi connectivity index (χ1v) is 8.51. The van der Waals surface area contributed by atoms with E-state index in [-0.39, 0.29) is 4.90 Å². The van der Waals surface area contributed by atoms with Crippen molar-refractivity contribution in [1.82, 2.24) is 0 Å². The highest BCUT2D eigenvalue weighted by atomic mass is 127. The van der Waals surface area contributed by atoms with Gasteiger partial charge in [0.15, 0.2) is 0 Å². The Hall–Kier alpha value is -1.28. The molecule has 0 saturated carbocycles. The van der Waals surface area contributed by atoms with Crippen LogP contribution in [0.4, 0.5) is 11.4 Å². The highest BCUT2D eigenvalue weighted by molar-refractivity contribution is 14.1. The van der Waals surface area contributed by atoms with E-state index in [9.17, 15) is 8.42 Å². The van der Waals surface area contributed by atoms with Crippen LogP contribution in [0.1, 0.15) is 11.1 Å². The maximum Gasteiger partial charge on any atom is 0.261 e. The average molecular weight is 402 g/mol. The summed E-state index contributed by atoms with van der Waals surface area (Å²) < 4.78 is 28.2. The molecular formula is C14H15IN2O2S. The normalized spacial score (nSPS) is 11.3. The summed E-state index contributed by atoms with van der Waals surface area (Å²) in [5.41, 5.74) is 8.70. The maximum atomic E-state index is 12.3. The van der Waals surface area contributed by atoms with E-state index in [4.69, 9.17) is 5.73 Å². The Morgan fingerprint density at radius 3 is 2.25 bits per heavy atom. The first-order chi connectivity index (χ1) is 9.31. The van der Waals surface area contributed by atoms with Crippen molar-refractivity contribution in [2.75, 3.05) is 10.5 Å². The van der Waals surface area contributed by atoms with Crippen LogP contribution < -0.4 is 10.5 Å². The first kappa shape index (κ1) is 15.1. The average Bonchev–Trinajstić information content (AvgIpc) is 2.40. The second kappa shape index (κ2) is 5.61. The van der Waals surface area contributed by atoms with Gasteiger partial charge in [0.05, 0.1) is 10.6 Å². The Balaban J connectivity index is 2.38. The highest BCUT2D eigenvalue weighted by Crippen LogP contribution is 2.26. The van der Waals surface area contributed by atoms with Gasteiger partial charge in [-0.05, 0) is 77.9 Å². The summed E-state index contributed by atoms with van der Waals surface area (Å²) in [7, 11) is -3.59. The minimum absolute atomic E-state index is 0.233. The standard InChI is InChI=1S/C14H15IN2O2S/c1-9-3-8-13(10(2)14(9)16)17-20(18,19)12-6-4-11(15)5-7-12/h3-8,17H,16H2,1-2H3. The van der Waals surface area contributed by atoms with Gasteiger partial charge in [0.1, 0.15) is 0 Å². The van der Waals surface area contributed by atoms with Crippen molar-refractivity contribution < 1.29 is 8.42 Å². The summed E-state index contributed by atoms with van der Waals surface area (Å²) >= 11 is 2.13. The number of aryl methyl sites for hydroxylation is 1. The van der Waals surface area contributed by atoms with Crippen LogP contribution in [0.15, 0.2) is 41.3 Å². The summed E-state index contributed by atoms with van der Waals surface area (Å²) in [6.45, 7) is 3.69. The fourth-order valence-corrected chi connectivity index (χ4v) is 3.27. The topological polar surface area (TPSA) is 72.2 Å². The third kappa shape index (κ3) is 3.06. The molecule has 2 rings (SSSR count). The Bertz CT molecular complexity index is 741. The van der Waals surface area contributed by atoms with E-state index < -0.39 is 10.0 Å². The molecule has 0 atom stereocenters. The second-order valence-corrected chi connectivity index (χ2v) is 7.46. The highest BCUT2D eigenvalue weighted by Gasteiger charge is 2.16. The number of hydrogen-bond acceptors (Lipinski definition) is 3. The number of hydrogen-bond donors (Lipinski definition) is 2. The van der Waals surface area contributed by atoms with Gasteiger partial charge in [-0.3, -0.25) is 4.72 Å². The fourth-order valence-electron chi connectivity index (χ4n) is 1.79. The third-order valence-electron chi connectivity index (χ3n) is 3.10. The van der Waals surface area contributed by atoms with Crippen molar-refractivity contribution in [3.8, 4) is 0 Å². The molecule has 0 radical (unpaired) electrons. The lowest BCUT2D eigenvalue weighted by Gasteiger charge is -2.13. The Labute approximate surface area is 132 Å². The number of anilines is 2. The molecule has 0 fully saturated rings. The Morgan fingerprint density at radius 1 is 1.05 bits per heavy atom. The number of benzene rings is 2. The van der Waals surface area contributed by atoms with Crippen LogP contribution in [0.5, 0.6) is 0 Å². The van der Waals surface area contributed by atoms with E-state index in [2.05, 4.69) is 27.3 Å². The lowest BCUT2D eigenvalue weighted by molar-refractivity contribution is 0.601. The molecule has 0 amide bonds. The van der Waals surface area contributed by atoms with Gasteiger partial charge in [-0.15, -0.1) is 0 Å². The molecule has 0 heterocycles. The number of nitrogen functional groups attached to an aromatic ring is 1. The van der Waals surface area contributed by atoms with Gasteiger partial charge in [-0.25, -0.2) is 8.42 Å². The molecule has 0 unspecified atom stereocenters. The van der Waals surface area contributed by atoms with E-state index in [1.165, 1.54) is 0 Å². The maximum absolute atomic E-state index is 12.3. The van der Waals surface area contributed by atoms with E-state index >= 15 is 0 Å². The van der Waals surface area contributed by atoms with Gasteiger partial charge in [-0.2, -0.15) is 0 Å². The summed E-state index contributed by atoms with van der Waals surface area (Å²) in [6.07, 6.45) is 0. The second-order valence-electron chi connectivity index (χ2n) is 4.53. The number of rotatable bonds is 3. The Morgan fingerprint density at radius 2 is 1.65 bits per heavy atom. The largest absolute Gasteiger partial charge is 0.398 e. The minimum Gasteiger partial charge on any atom is -0.398 e. The van der Waals surface area contributed by atoms with Crippen molar-refractivity contribution in [3.63, 3.8) is 0 Å². The fraction of sp³-hybridized carbons (Fsp3) is 0.143. The first-order valence-electron chi connectivity index (χ1n) is 5.95. The molecule has 0 aliphatic heterocycles. The van der Waals surface area contributed by atoms with Crippen LogP contribution in [-0.2, 0) is 10.0 Å². The van der Waals surface area contributed by atoms with Crippen molar-refractivity contribution >= 4 is 44.0 Å². The van der Waals surface area contributed by atoms with Crippen molar-refractivity contribution in [3.05, 3.63) is 51.1 Å². The molecule has 0 spiro atoms. The molecular weight excluding hydrogens is 387 g/mol. The lowest BCUT2D eigenvalue weighted by atomic mass is 10.1. The molecule has 3 N–H and O–H groups in total. The molecule has 6 heteroatoms. The van der Waals surface area contributed by atoms with Crippen molar-refractivity contribution in [2.24, 2.45) is 0 Å². The molecule has 106 valence electrons. The minimum atomic E-state index is -3.59. The van der Waals surface area contributed by atoms with Crippen LogP contribution in [0.25, 0.3) is 0 Å². The molecule has 0 aliphatic carbocycles. The van der Waals surface area contributed by atoms with Crippen LogP contribution in [0.3, 0.4) is 0 Å². The molecule has 2 aromatic carbocycles. The van der Waals surface area contributed by atoms with Crippen LogP contribution in [0.2, 0.25) is 0 Å². The third-order valence-corrected chi connectivity index (χ3v) is 5.20. The number of nitrogens with one attached hydrogen (secondary N) is 1. The summed E-state index contributed by atoms with van der Waals surface area (Å²) in [4.78, 5) is 0.233. The van der Waals surface area contributed by atoms with Crippen LogP contribution in [0, 0.1) is 17.4 Å². The molecule has 0 aromatic heterocycles. The van der Waals surface area contributed by atoms with Crippen molar-refractivity contribution in [2.45, 2.75) is 18.7 Å². The van der Waals surface area contributed by atoms with Crippen molar-refractivity contribution in [1.29, 1.82) is 0 Å². The van der Waals surface area contributed by atoms with Crippen LogP contribution >= 0.6 is 22.6 Å². The lowest BCUT2D eigenvalue weighted by Crippen LogP contribution is -2.14. The van der Waals surface area contributed by atoms with E-state index in [1.807, 2.05) is 6.92 Å². The quantitative estimate of drug-likeness (QED) is 0.612. The molecule has 0 aliphatic rings. The predicted octanol–water partition coefficient (Wildman–Crippen LogP) is 3.29. The molecule has 4 nitrogen and oxygen atoms in total. The van der Waals surface area contributed by atoms with Gasteiger partial charge in [0.2, 0.25) is 0 Å². The Kier molecular flexibility index (Phi) is 4.24. The van der Waals surface area contributed by atoms with Gasteiger partial charge in [0.25, 0.3) is 10.0 Å². The monoisotopic (exact) mass is 402 g/mol. The van der Waals surface area contributed by atoms with E-state index in [0.717, 1.165) is 14.7 Å². The molecule has 2 aromatic rings. The summed E-state index contributed by atoms with van der Waals surface area (Å²) in [5, 5.41) is 0. The zero-order valence-corrected chi connectivity index (χ0v) is 14.1. The van der Waals surface area contributed by atoms with E-state index in [0.29, 0.717) is 11.4 Å². The molecule has 0 bridgehead atoms. The number of nitrogens with two attached hydrogens (primary N) is 1. The van der Waals surface area contributed by atoms with Gasteiger partial charge >= 0.3 is 0 Å². The van der Waals surface area contributed by atoms with Gasteiger partial charge in [0, 0.05) is 9.26 Å². The van der Waals surface area contributed by atoms with Gasteiger partial charge in [-0.1, -0.05) is 6.07 Å². The predicted molar refractivity (Wildman–Crippen MR) is 90.3 cm³/mol. The molecule has 20 heavy (non-hydrogen) atoms. The number of sulfonamides is 1. The van der Waals surface area contributed by atoms with Gasteiger partial charge < -0.3 is 5.73 Å². The zero-order valence-electron chi connectivity index (χ0n) is 11.1. The van der Waals surface area contributed by atoms with Crippen LogP contribution in [-0.4, -0.2) is 8.42 Å². The number of halogens is 1. The summed E-state index contributed by atoms with van der Waals surface area (Å²) in [5.74, 6) is 0. The van der Waals surface area contributed by atoms with E-state index in [1.54, 1.807) is 43.3 Å².